The fourth-order valence-corrected chi connectivity index (χ4v) is 3.63. The van der Waals surface area contributed by atoms with Gasteiger partial charge in [-0.25, -0.2) is 4.79 Å². The first-order chi connectivity index (χ1) is 16.1. The number of benzene rings is 2. The van der Waals surface area contributed by atoms with Crippen LogP contribution in [-0.4, -0.2) is 74.4 Å². The van der Waals surface area contributed by atoms with Crippen molar-refractivity contribution in [1.29, 1.82) is 0 Å². The Morgan fingerprint density at radius 3 is 2.26 bits per heavy atom. The largest absolute Gasteiger partial charge is 0.504 e. The van der Waals surface area contributed by atoms with Gasteiger partial charge in [-0.05, 0) is 0 Å². The maximum atomic E-state index is 12.9. The summed E-state index contributed by atoms with van der Waals surface area (Å²) in [7, 11) is 1.15. The molecule has 0 aliphatic carbocycles. The van der Waals surface area contributed by atoms with Crippen molar-refractivity contribution >= 4 is 16.9 Å². The van der Waals surface area contributed by atoms with Crippen molar-refractivity contribution in [2.45, 2.75) is 30.7 Å². The van der Waals surface area contributed by atoms with E-state index >= 15 is 0 Å². The number of phenolic OH excluding ortho intramolecular Hbond substituents is 2. The molecule has 1 fully saturated rings. The van der Waals surface area contributed by atoms with Crippen LogP contribution in [0.25, 0.3) is 22.3 Å². The third-order valence-corrected chi connectivity index (χ3v) is 5.35. The van der Waals surface area contributed by atoms with E-state index in [1.54, 1.807) is 30.3 Å². The molecule has 2 heterocycles. The third kappa shape index (κ3) is 3.78. The van der Waals surface area contributed by atoms with Gasteiger partial charge in [0.2, 0.25) is 23.5 Å². The number of fused-ring (bicyclic) bond motifs is 1. The molecule has 180 valence electrons. The van der Waals surface area contributed by atoms with Gasteiger partial charge in [-0.15, -0.1) is 0 Å². The van der Waals surface area contributed by atoms with Crippen molar-refractivity contribution in [2.24, 2.45) is 0 Å². The highest BCUT2D eigenvalue weighted by molar-refractivity contribution is 5.95. The van der Waals surface area contributed by atoms with E-state index in [1.165, 1.54) is 0 Å². The second-order valence-electron chi connectivity index (χ2n) is 7.46. The molecule has 4 rings (SSSR count). The Hall–Kier alpha value is -3.84. The first-order valence-corrected chi connectivity index (χ1v) is 9.90. The van der Waals surface area contributed by atoms with E-state index in [-0.39, 0.29) is 11.3 Å². The zero-order valence-electron chi connectivity index (χ0n) is 17.5. The second-order valence-corrected chi connectivity index (χ2v) is 7.46. The van der Waals surface area contributed by atoms with E-state index < -0.39 is 70.5 Å². The fourth-order valence-electron chi connectivity index (χ4n) is 3.63. The summed E-state index contributed by atoms with van der Waals surface area (Å²) in [5.41, 5.74) is -0.501. The van der Waals surface area contributed by atoms with Crippen LogP contribution in [-0.2, 0) is 9.53 Å². The molecule has 1 aliphatic rings. The first kappa shape index (κ1) is 23.3. The SMILES string of the molecule is COc1c(O)c(O[C@@H]2O[C@H](C(=O)O)[C@@H](O)[C@H](O)[C@H]2O)c(O)c2c(=O)cc(-c3ccccc3)oc12. The number of carboxylic acid groups (broad SMARTS) is 1. The zero-order valence-corrected chi connectivity index (χ0v) is 17.5. The van der Waals surface area contributed by atoms with Crippen LogP contribution in [0.2, 0.25) is 0 Å². The number of methoxy groups -OCH3 is 1. The zero-order chi connectivity index (χ0) is 24.7. The number of rotatable bonds is 5. The molecule has 12 heteroatoms. The van der Waals surface area contributed by atoms with Gasteiger partial charge in [-0.2, -0.15) is 0 Å². The lowest BCUT2D eigenvalue weighted by Gasteiger charge is -2.38. The Labute approximate surface area is 190 Å². The Morgan fingerprint density at radius 1 is 0.971 bits per heavy atom. The lowest BCUT2D eigenvalue weighted by atomic mass is 9.99. The number of aliphatic carboxylic acids is 1. The molecular weight excluding hydrogens is 456 g/mol. The predicted octanol–water partition coefficient (Wildman–Crippen LogP) is 0.151. The van der Waals surface area contributed by atoms with Crippen molar-refractivity contribution in [3.63, 3.8) is 0 Å². The van der Waals surface area contributed by atoms with Gasteiger partial charge in [0.25, 0.3) is 0 Å². The van der Waals surface area contributed by atoms with Crippen molar-refractivity contribution in [3.8, 4) is 34.3 Å². The first-order valence-electron chi connectivity index (χ1n) is 9.90. The number of ether oxygens (including phenoxy) is 3. The molecule has 3 aromatic rings. The summed E-state index contributed by atoms with van der Waals surface area (Å²) in [6.45, 7) is 0. The van der Waals surface area contributed by atoms with Crippen LogP contribution in [0.1, 0.15) is 0 Å². The van der Waals surface area contributed by atoms with Crippen molar-refractivity contribution < 1.29 is 54.1 Å². The highest BCUT2D eigenvalue weighted by Gasteiger charge is 2.48. The average Bonchev–Trinajstić information content (AvgIpc) is 2.81. The van der Waals surface area contributed by atoms with E-state index in [2.05, 4.69) is 0 Å². The molecule has 0 spiro atoms. The number of aliphatic hydroxyl groups excluding tert-OH is 3. The Bertz CT molecular complexity index is 1280. The smallest absolute Gasteiger partial charge is 0.335 e. The van der Waals surface area contributed by atoms with E-state index in [9.17, 15) is 40.2 Å². The van der Waals surface area contributed by atoms with E-state index in [0.29, 0.717) is 5.56 Å². The molecule has 1 aliphatic heterocycles. The highest BCUT2D eigenvalue weighted by Crippen LogP contribution is 2.50. The van der Waals surface area contributed by atoms with Crippen molar-refractivity contribution in [2.75, 3.05) is 7.11 Å². The summed E-state index contributed by atoms with van der Waals surface area (Å²) >= 11 is 0. The number of hydrogen-bond acceptors (Lipinski definition) is 11. The van der Waals surface area contributed by atoms with Crippen molar-refractivity contribution in [3.05, 3.63) is 46.6 Å². The van der Waals surface area contributed by atoms with E-state index in [4.69, 9.17) is 18.6 Å². The van der Waals surface area contributed by atoms with Gasteiger partial charge in [0, 0.05) is 11.6 Å². The van der Waals surface area contributed by atoms with Crippen LogP contribution in [0.15, 0.2) is 45.6 Å². The lowest BCUT2D eigenvalue weighted by molar-refractivity contribution is -0.271. The molecule has 34 heavy (non-hydrogen) atoms. The second kappa shape index (κ2) is 8.83. The summed E-state index contributed by atoms with van der Waals surface area (Å²) in [4.78, 5) is 24.2. The van der Waals surface area contributed by atoms with E-state index in [1.807, 2.05) is 0 Å². The molecule has 1 aromatic heterocycles. The van der Waals surface area contributed by atoms with Gasteiger partial charge in [0.1, 0.15) is 29.5 Å². The topological polar surface area (TPSA) is 196 Å². The van der Waals surface area contributed by atoms with Gasteiger partial charge in [0.15, 0.2) is 22.9 Å². The molecule has 5 atom stereocenters. The highest BCUT2D eigenvalue weighted by atomic mass is 16.7. The van der Waals surface area contributed by atoms with Crippen LogP contribution >= 0.6 is 0 Å². The summed E-state index contributed by atoms with van der Waals surface area (Å²) in [6, 6.07) is 9.64. The number of carboxylic acids is 1. The number of phenols is 2. The molecule has 0 unspecified atom stereocenters. The monoisotopic (exact) mass is 476 g/mol. The maximum Gasteiger partial charge on any atom is 0.335 e. The fraction of sp³-hybridized carbons (Fsp3) is 0.273. The molecule has 2 aromatic carbocycles. The Balaban J connectivity index is 1.84. The van der Waals surface area contributed by atoms with Gasteiger partial charge in [0.05, 0.1) is 7.11 Å². The molecule has 12 nitrogen and oxygen atoms in total. The summed E-state index contributed by atoms with van der Waals surface area (Å²) in [5, 5.41) is 60.1. The summed E-state index contributed by atoms with van der Waals surface area (Å²) < 4.78 is 21.2. The van der Waals surface area contributed by atoms with Crippen LogP contribution in [0.5, 0.6) is 23.0 Å². The summed E-state index contributed by atoms with van der Waals surface area (Å²) in [5.74, 6) is -4.52. The minimum absolute atomic E-state index is 0.122. The standard InChI is InChI=1S/C22H20O12/c1-31-19-16(28)18(33-22-15(27)13(25)14(26)20(34-22)21(29)30)12(24)11-9(23)7-10(32-17(11)19)8-5-3-2-4-6-8/h2-7,13-15,20,22,24-28H,1H3,(H,29,30)/t13-,14-,15+,20-,22+/m0/s1. The minimum Gasteiger partial charge on any atom is -0.504 e. The Kier molecular flexibility index (Phi) is 6.06. The molecule has 0 bridgehead atoms. The molecular formula is C22H20O12. The van der Waals surface area contributed by atoms with Gasteiger partial charge in [-0.1, -0.05) is 30.3 Å². The molecule has 0 radical (unpaired) electrons. The summed E-state index contributed by atoms with van der Waals surface area (Å²) in [6.07, 6.45) is -9.92. The number of carbonyl (C=O) groups is 1. The normalized spacial score (nSPS) is 24.6. The van der Waals surface area contributed by atoms with Crippen molar-refractivity contribution in [1.82, 2.24) is 0 Å². The Morgan fingerprint density at radius 2 is 1.65 bits per heavy atom. The molecule has 6 N–H and O–H groups in total. The number of aromatic hydroxyl groups is 2. The molecule has 0 amide bonds. The van der Waals surface area contributed by atoms with Gasteiger partial charge < -0.3 is 49.3 Å². The van der Waals surface area contributed by atoms with Crippen LogP contribution < -0.4 is 14.9 Å². The van der Waals surface area contributed by atoms with E-state index in [0.717, 1.165) is 13.2 Å². The third-order valence-electron chi connectivity index (χ3n) is 5.35. The van der Waals surface area contributed by atoms with Crippen LogP contribution in [0.4, 0.5) is 0 Å². The van der Waals surface area contributed by atoms with Gasteiger partial charge >= 0.3 is 5.97 Å². The van der Waals surface area contributed by atoms with Crippen LogP contribution in [0.3, 0.4) is 0 Å². The number of hydrogen-bond donors (Lipinski definition) is 6. The quantitative estimate of drug-likeness (QED) is 0.292. The maximum absolute atomic E-state index is 12.9. The van der Waals surface area contributed by atoms with Crippen LogP contribution in [0, 0.1) is 0 Å². The predicted molar refractivity (Wildman–Crippen MR) is 113 cm³/mol. The minimum atomic E-state index is -2.00. The lowest BCUT2D eigenvalue weighted by Crippen LogP contribution is -2.61. The molecule has 1 saturated heterocycles. The van der Waals surface area contributed by atoms with Gasteiger partial charge in [-0.3, -0.25) is 4.79 Å². The number of aliphatic hydroxyl groups is 3. The average molecular weight is 476 g/mol. The molecule has 0 saturated carbocycles.